The minimum atomic E-state index is -0.233. The Bertz CT molecular complexity index is 1460. The third-order valence-corrected chi connectivity index (χ3v) is 8.19. The van der Waals surface area contributed by atoms with Crippen molar-refractivity contribution in [2.45, 2.75) is 44.6 Å². The molecule has 2 aliphatic rings. The van der Waals surface area contributed by atoms with Crippen molar-refractivity contribution in [3.05, 3.63) is 56.9 Å². The largest absolute Gasteiger partial charge is 0.369 e. The maximum Gasteiger partial charge on any atom is 0.192 e. The van der Waals surface area contributed by atoms with Crippen LogP contribution >= 0.6 is 15.9 Å². The van der Waals surface area contributed by atoms with Gasteiger partial charge in [0.2, 0.25) is 0 Å². The molecular weight excluding hydrogens is 485 g/mol. The number of pyridine rings is 1. The van der Waals surface area contributed by atoms with Crippen LogP contribution in [0.5, 0.6) is 0 Å². The molecule has 0 unspecified atom stereocenters. The van der Waals surface area contributed by atoms with Gasteiger partial charge in [-0.25, -0.2) is 4.39 Å². The molecule has 0 bridgehead atoms. The number of halogens is 2. The Balaban J connectivity index is 1.66. The number of carbonyl (C=O) groups is 1. The van der Waals surface area contributed by atoms with E-state index in [1.54, 1.807) is 6.07 Å². The quantitative estimate of drug-likeness (QED) is 0.326. The van der Waals surface area contributed by atoms with Gasteiger partial charge in [-0.15, -0.1) is 0 Å². The molecule has 0 N–H and O–H groups in total. The number of anilines is 1. The third kappa shape index (κ3) is 3.15. The van der Waals surface area contributed by atoms with E-state index in [0.29, 0.717) is 29.7 Å². The molecular formula is C26H25BrFN3O2. The molecule has 6 rings (SSSR count). The second-order valence-corrected chi connectivity index (χ2v) is 10.2. The minimum Gasteiger partial charge on any atom is -0.369 e. The number of aromatic nitrogens is 2. The van der Waals surface area contributed by atoms with Crippen LogP contribution in [0.2, 0.25) is 0 Å². The first-order chi connectivity index (χ1) is 16.1. The zero-order chi connectivity index (χ0) is 22.7. The molecule has 0 radical (unpaired) electrons. The van der Waals surface area contributed by atoms with Gasteiger partial charge < -0.3 is 14.3 Å². The van der Waals surface area contributed by atoms with Gasteiger partial charge in [0, 0.05) is 35.6 Å². The normalized spacial score (nSPS) is 18.2. The molecule has 5 nitrogen and oxygen atoms in total. The van der Waals surface area contributed by atoms with E-state index in [0.717, 1.165) is 66.0 Å². The number of piperidine rings is 1. The molecule has 0 amide bonds. The number of imidazole rings is 1. The Labute approximate surface area is 198 Å². The summed E-state index contributed by atoms with van der Waals surface area (Å²) in [6.07, 6.45) is 6.71. The van der Waals surface area contributed by atoms with Crippen molar-refractivity contribution in [3.63, 3.8) is 0 Å². The summed E-state index contributed by atoms with van der Waals surface area (Å²) in [4.78, 5) is 26.4. The first-order valence-electron chi connectivity index (χ1n) is 11.7. The average Bonchev–Trinajstić information content (AvgIpc) is 3.46. The van der Waals surface area contributed by atoms with E-state index in [2.05, 4.69) is 25.4 Å². The number of fused-ring (bicyclic) bond motifs is 5. The average molecular weight is 510 g/mol. The van der Waals surface area contributed by atoms with E-state index in [9.17, 15) is 9.59 Å². The smallest absolute Gasteiger partial charge is 0.192 e. The molecule has 1 saturated carbocycles. The van der Waals surface area contributed by atoms with Crippen LogP contribution in [0.4, 0.5) is 10.1 Å². The fourth-order valence-electron chi connectivity index (χ4n) is 5.87. The van der Waals surface area contributed by atoms with Gasteiger partial charge in [0.05, 0.1) is 22.1 Å². The molecule has 2 fully saturated rings. The van der Waals surface area contributed by atoms with E-state index in [1.807, 2.05) is 34.7 Å². The highest BCUT2D eigenvalue weighted by atomic mass is 79.9. The zero-order valence-electron chi connectivity index (χ0n) is 18.3. The summed E-state index contributed by atoms with van der Waals surface area (Å²) in [5.74, 6) is -0.169. The van der Waals surface area contributed by atoms with Crippen LogP contribution < -0.4 is 10.3 Å². The van der Waals surface area contributed by atoms with Crippen molar-refractivity contribution in [3.8, 4) is 0 Å². The number of carbonyl (C=O) groups excluding carboxylic acids is 1. The van der Waals surface area contributed by atoms with Gasteiger partial charge in [-0.3, -0.25) is 9.20 Å². The number of hydrogen-bond donors (Lipinski definition) is 0. The van der Waals surface area contributed by atoms with Gasteiger partial charge in [0.1, 0.15) is 17.5 Å². The first kappa shape index (κ1) is 20.9. The topological polar surface area (TPSA) is 46.7 Å². The molecule has 0 atom stereocenters. The van der Waals surface area contributed by atoms with Crippen molar-refractivity contribution in [2.24, 2.45) is 5.92 Å². The lowest BCUT2D eigenvalue weighted by Gasteiger charge is -2.32. The second kappa shape index (κ2) is 7.97. The maximum absolute atomic E-state index is 16.3. The molecule has 0 spiro atoms. The van der Waals surface area contributed by atoms with Crippen molar-refractivity contribution in [1.82, 2.24) is 8.97 Å². The lowest BCUT2D eigenvalue weighted by molar-refractivity contribution is -0.111. The van der Waals surface area contributed by atoms with Gasteiger partial charge in [0.15, 0.2) is 11.2 Å². The highest BCUT2D eigenvalue weighted by Gasteiger charge is 2.28. The van der Waals surface area contributed by atoms with E-state index in [4.69, 9.17) is 0 Å². The van der Waals surface area contributed by atoms with E-state index in [1.165, 1.54) is 0 Å². The zero-order valence-corrected chi connectivity index (χ0v) is 19.9. The van der Waals surface area contributed by atoms with Crippen LogP contribution in [0.1, 0.15) is 44.6 Å². The summed E-state index contributed by atoms with van der Waals surface area (Å²) in [6.45, 7) is 1.34. The van der Waals surface area contributed by atoms with Crippen molar-refractivity contribution in [2.75, 3.05) is 18.0 Å². The van der Waals surface area contributed by atoms with Gasteiger partial charge in [-0.05, 0) is 65.9 Å². The third-order valence-electron chi connectivity index (χ3n) is 7.53. The predicted octanol–water partition coefficient (Wildman–Crippen LogP) is 5.84. The maximum atomic E-state index is 16.3. The van der Waals surface area contributed by atoms with Crippen LogP contribution in [-0.4, -0.2) is 28.3 Å². The molecule has 1 aliphatic carbocycles. The Morgan fingerprint density at radius 1 is 1.00 bits per heavy atom. The van der Waals surface area contributed by atoms with Crippen LogP contribution in [0.25, 0.3) is 27.6 Å². The van der Waals surface area contributed by atoms with E-state index in [-0.39, 0.29) is 23.2 Å². The molecule has 2 aromatic carbocycles. The highest BCUT2D eigenvalue weighted by molar-refractivity contribution is 9.10. The number of benzene rings is 2. The van der Waals surface area contributed by atoms with Crippen molar-refractivity contribution in [1.29, 1.82) is 0 Å². The van der Waals surface area contributed by atoms with Gasteiger partial charge >= 0.3 is 0 Å². The van der Waals surface area contributed by atoms with Gasteiger partial charge in [-0.1, -0.05) is 18.9 Å². The molecule has 7 heteroatoms. The molecule has 170 valence electrons. The van der Waals surface area contributed by atoms with Crippen LogP contribution in [0.15, 0.2) is 45.7 Å². The van der Waals surface area contributed by atoms with E-state index < -0.39 is 0 Å². The molecule has 2 aromatic heterocycles. The molecule has 1 saturated heterocycles. The Morgan fingerprint density at radius 2 is 1.76 bits per heavy atom. The van der Waals surface area contributed by atoms with Crippen molar-refractivity contribution < 1.29 is 9.18 Å². The predicted molar refractivity (Wildman–Crippen MR) is 133 cm³/mol. The Morgan fingerprint density at radius 3 is 2.48 bits per heavy atom. The second-order valence-electron chi connectivity index (χ2n) is 9.37. The Kier molecular flexibility index (Phi) is 5.05. The number of rotatable bonds is 3. The highest BCUT2D eigenvalue weighted by Crippen LogP contribution is 2.39. The SMILES string of the molecule is O=CC1CCN(c2ccc3c(c2F)n(C2CCCC2)c2cc(=O)c4c(Br)cccc4n32)CC1. The van der Waals surface area contributed by atoms with Crippen LogP contribution in [0, 0.1) is 11.7 Å². The van der Waals surface area contributed by atoms with E-state index >= 15 is 4.39 Å². The van der Waals surface area contributed by atoms with Crippen molar-refractivity contribution >= 4 is 55.5 Å². The van der Waals surface area contributed by atoms with Crippen LogP contribution in [0.3, 0.4) is 0 Å². The Hall–Kier alpha value is -2.67. The summed E-state index contributed by atoms with van der Waals surface area (Å²) in [7, 11) is 0. The summed E-state index contributed by atoms with van der Waals surface area (Å²) in [5, 5.41) is 0.612. The lowest BCUT2D eigenvalue weighted by Crippen LogP contribution is -2.34. The lowest BCUT2D eigenvalue weighted by atomic mass is 9.98. The fraction of sp³-hybridized carbons (Fsp3) is 0.385. The molecule has 1 aliphatic heterocycles. The summed E-state index contributed by atoms with van der Waals surface area (Å²) in [6, 6.07) is 11.4. The van der Waals surface area contributed by atoms with Gasteiger partial charge in [0.25, 0.3) is 0 Å². The fourth-order valence-corrected chi connectivity index (χ4v) is 6.42. The number of hydrogen-bond acceptors (Lipinski definition) is 3. The molecule has 33 heavy (non-hydrogen) atoms. The monoisotopic (exact) mass is 509 g/mol. The number of aldehydes is 1. The summed E-state index contributed by atoms with van der Waals surface area (Å²) in [5.41, 5.74) is 3.42. The van der Waals surface area contributed by atoms with Crippen LogP contribution in [-0.2, 0) is 4.79 Å². The summed E-state index contributed by atoms with van der Waals surface area (Å²) >= 11 is 3.53. The molecule has 3 heterocycles. The first-order valence-corrected chi connectivity index (χ1v) is 12.5. The van der Waals surface area contributed by atoms with Gasteiger partial charge in [-0.2, -0.15) is 0 Å². The number of nitrogens with zero attached hydrogens (tertiary/aromatic N) is 3. The minimum absolute atomic E-state index is 0.0592. The standard InChI is InChI=1S/C26H25BrFN3O2/c27-18-6-3-7-19-24(18)22(33)14-23-30(17-4-1-2-5-17)26-21(31(19)23)9-8-20(25(26)28)29-12-10-16(15-32)11-13-29/h3,6-9,14-17H,1-2,4-5,10-13H2. The molecule has 4 aromatic rings. The summed E-state index contributed by atoms with van der Waals surface area (Å²) < 4.78 is 21.2.